The van der Waals surface area contributed by atoms with Crippen LogP contribution in [0.25, 0.3) is 0 Å². The molecule has 1 aromatic heterocycles. The second kappa shape index (κ2) is 4.39. The quantitative estimate of drug-likeness (QED) is 0.477. The fourth-order valence-electron chi connectivity index (χ4n) is 1.23. The molecule has 0 fully saturated rings. The first-order chi connectivity index (χ1) is 6.09. The molecule has 0 unspecified atom stereocenters. The Morgan fingerprint density at radius 3 is 2.69 bits per heavy atom. The number of rotatable bonds is 3. The molecule has 0 atom stereocenters. The van der Waals surface area contributed by atoms with Gasteiger partial charge in [0.05, 0.1) is 0 Å². The summed E-state index contributed by atoms with van der Waals surface area (Å²) in [5.74, 6) is 0.552. The first-order valence-corrected chi connectivity index (χ1v) is 4.44. The van der Waals surface area contributed by atoms with Crippen LogP contribution in [-0.4, -0.2) is 17.2 Å². The molecule has 0 radical (unpaired) electrons. The Morgan fingerprint density at radius 2 is 2.15 bits per heavy atom. The Hall–Kier alpha value is -0.865. The van der Waals surface area contributed by atoms with E-state index in [1.807, 2.05) is 16.8 Å². The fraction of sp³-hybridized carbons (Fsp3) is 0.444. The van der Waals surface area contributed by atoms with Crippen molar-refractivity contribution < 1.29 is 14.6 Å². The number of aromatic nitrogens is 1. The third-order valence-electron chi connectivity index (χ3n) is 1.76. The average Bonchev–Trinajstić information content (AvgIpc) is 2.03. The van der Waals surface area contributed by atoms with Crippen molar-refractivity contribution in [2.24, 2.45) is 5.92 Å². The van der Waals surface area contributed by atoms with Gasteiger partial charge in [-0.25, -0.2) is 4.57 Å². The highest BCUT2D eigenvalue weighted by atomic mass is 16.4. The maximum absolute atomic E-state index is 8.92. The van der Waals surface area contributed by atoms with Crippen LogP contribution in [-0.2, 0) is 6.54 Å². The second-order valence-electron chi connectivity index (χ2n) is 3.60. The van der Waals surface area contributed by atoms with Gasteiger partial charge >= 0.3 is 7.12 Å². The van der Waals surface area contributed by atoms with Crippen LogP contribution in [0.5, 0.6) is 0 Å². The molecule has 0 aliphatic rings. The van der Waals surface area contributed by atoms with Crippen LogP contribution < -0.4 is 10.0 Å². The van der Waals surface area contributed by atoms with Gasteiger partial charge in [0.25, 0.3) is 0 Å². The maximum atomic E-state index is 8.92. The van der Waals surface area contributed by atoms with Gasteiger partial charge in [0.1, 0.15) is 0 Å². The van der Waals surface area contributed by atoms with Crippen LogP contribution in [0.4, 0.5) is 0 Å². The van der Waals surface area contributed by atoms with Crippen molar-refractivity contribution in [1.82, 2.24) is 0 Å². The van der Waals surface area contributed by atoms with Crippen LogP contribution in [0.15, 0.2) is 24.5 Å². The molecule has 4 heteroatoms. The fourth-order valence-corrected chi connectivity index (χ4v) is 1.23. The summed E-state index contributed by atoms with van der Waals surface area (Å²) >= 11 is 0. The Bertz CT molecular complexity index is 276. The lowest BCUT2D eigenvalue weighted by atomic mass is 9.82. The van der Waals surface area contributed by atoms with E-state index >= 15 is 0 Å². The number of pyridine rings is 1. The number of hydrogen-bond donors (Lipinski definition) is 2. The summed E-state index contributed by atoms with van der Waals surface area (Å²) in [5.41, 5.74) is 0.531. The highest BCUT2D eigenvalue weighted by Crippen LogP contribution is 1.89. The minimum Gasteiger partial charge on any atom is -0.423 e. The highest BCUT2D eigenvalue weighted by Gasteiger charge is 2.14. The molecule has 0 aliphatic heterocycles. The Labute approximate surface area is 78.8 Å². The molecule has 70 valence electrons. The predicted octanol–water partition coefficient (Wildman–Crippen LogP) is -0.690. The summed E-state index contributed by atoms with van der Waals surface area (Å²) in [4.78, 5) is 0. The van der Waals surface area contributed by atoms with Crippen LogP contribution in [0, 0.1) is 5.92 Å². The molecule has 0 aliphatic carbocycles. The lowest BCUT2D eigenvalue weighted by Gasteiger charge is -2.01. The zero-order chi connectivity index (χ0) is 9.84. The summed E-state index contributed by atoms with van der Waals surface area (Å²) in [7, 11) is -1.38. The SMILES string of the molecule is CC(C)C[n+]1cccc(B(O)O)c1. The molecule has 0 bridgehead atoms. The van der Waals surface area contributed by atoms with Gasteiger partial charge in [-0.2, -0.15) is 0 Å². The number of hydrogen-bond acceptors (Lipinski definition) is 2. The molecule has 0 aromatic carbocycles. The minimum absolute atomic E-state index is 0.531. The van der Waals surface area contributed by atoms with Crippen LogP contribution >= 0.6 is 0 Å². The normalized spacial score (nSPS) is 10.5. The largest absolute Gasteiger partial charge is 0.494 e. The minimum atomic E-state index is -1.38. The van der Waals surface area contributed by atoms with E-state index in [4.69, 9.17) is 10.0 Å². The van der Waals surface area contributed by atoms with Crippen LogP contribution in [0.1, 0.15) is 13.8 Å². The van der Waals surface area contributed by atoms with E-state index in [1.54, 1.807) is 12.3 Å². The van der Waals surface area contributed by atoms with Gasteiger partial charge < -0.3 is 10.0 Å². The Balaban J connectivity index is 2.79. The average molecular weight is 180 g/mol. The summed E-state index contributed by atoms with van der Waals surface area (Å²) < 4.78 is 1.96. The van der Waals surface area contributed by atoms with Crippen molar-refractivity contribution in [3.8, 4) is 0 Å². The molecule has 0 amide bonds. The third-order valence-corrected chi connectivity index (χ3v) is 1.76. The second-order valence-corrected chi connectivity index (χ2v) is 3.60. The Kier molecular flexibility index (Phi) is 3.45. The van der Waals surface area contributed by atoms with E-state index in [1.165, 1.54) is 0 Å². The zero-order valence-electron chi connectivity index (χ0n) is 8.01. The lowest BCUT2D eigenvalue weighted by molar-refractivity contribution is -0.701. The van der Waals surface area contributed by atoms with Gasteiger partial charge in [-0.1, -0.05) is 19.9 Å². The van der Waals surface area contributed by atoms with E-state index in [0.29, 0.717) is 11.4 Å². The first kappa shape index (κ1) is 10.2. The molecule has 1 heterocycles. The van der Waals surface area contributed by atoms with Crippen molar-refractivity contribution in [3.05, 3.63) is 24.5 Å². The number of nitrogens with zero attached hydrogens (tertiary/aromatic N) is 1. The van der Waals surface area contributed by atoms with Crippen molar-refractivity contribution in [3.63, 3.8) is 0 Å². The highest BCUT2D eigenvalue weighted by molar-refractivity contribution is 6.58. The third kappa shape index (κ3) is 3.16. The molecule has 1 rings (SSSR count). The zero-order valence-corrected chi connectivity index (χ0v) is 8.01. The van der Waals surface area contributed by atoms with Gasteiger partial charge in [-0.3, -0.25) is 0 Å². The summed E-state index contributed by atoms with van der Waals surface area (Å²) in [6.07, 6.45) is 3.68. The van der Waals surface area contributed by atoms with E-state index in [0.717, 1.165) is 6.54 Å². The smallest absolute Gasteiger partial charge is 0.423 e. The molecule has 0 saturated heterocycles. The van der Waals surface area contributed by atoms with Crippen molar-refractivity contribution >= 4 is 12.6 Å². The standard InChI is InChI=1S/C9H15BNO2/c1-8(2)6-11-5-3-4-9(7-11)10(12)13/h3-5,7-8,12-13H,6H2,1-2H3/q+1. The topological polar surface area (TPSA) is 44.3 Å². The van der Waals surface area contributed by atoms with Crippen LogP contribution in [0.3, 0.4) is 0 Å². The predicted molar refractivity (Wildman–Crippen MR) is 51.3 cm³/mol. The van der Waals surface area contributed by atoms with Crippen molar-refractivity contribution in [1.29, 1.82) is 0 Å². The van der Waals surface area contributed by atoms with Gasteiger partial charge in [0.15, 0.2) is 18.9 Å². The van der Waals surface area contributed by atoms with Crippen molar-refractivity contribution in [2.45, 2.75) is 20.4 Å². The van der Waals surface area contributed by atoms with Gasteiger partial charge in [0.2, 0.25) is 0 Å². The summed E-state index contributed by atoms with van der Waals surface area (Å²) in [6, 6.07) is 3.51. The van der Waals surface area contributed by atoms with Crippen molar-refractivity contribution in [2.75, 3.05) is 0 Å². The monoisotopic (exact) mass is 180 g/mol. The summed E-state index contributed by atoms with van der Waals surface area (Å²) in [5, 5.41) is 17.8. The summed E-state index contributed by atoms with van der Waals surface area (Å²) in [6.45, 7) is 5.13. The molecule has 0 spiro atoms. The Morgan fingerprint density at radius 1 is 1.46 bits per heavy atom. The molecule has 13 heavy (non-hydrogen) atoms. The van der Waals surface area contributed by atoms with Gasteiger partial charge in [-0.05, 0) is 0 Å². The molecular formula is C9H15BNO2+. The molecular weight excluding hydrogens is 165 g/mol. The molecule has 2 N–H and O–H groups in total. The van der Waals surface area contributed by atoms with Gasteiger partial charge in [0, 0.05) is 17.4 Å². The van der Waals surface area contributed by atoms with E-state index in [-0.39, 0.29) is 0 Å². The molecule has 1 aromatic rings. The van der Waals surface area contributed by atoms with E-state index < -0.39 is 7.12 Å². The van der Waals surface area contributed by atoms with Crippen LogP contribution in [0.2, 0.25) is 0 Å². The van der Waals surface area contributed by atoms with E-state index in [9.17, 15) is 0 Å². The van der Waals surface area contributed by atoms with Gasteiger partial charge in [-0.15, -0.1) is 0 Å². The van der Waals surface area contributed by atoms with E-state index in [2.05, 4.69) is 13.8 Å². The lowest BCUT2D eigenvalue weighted by Crippen LogP contribution is -2.43. The first-order valence-electron chi connectivity index (χ1n) is 4.44. The maximum Gasteiger partial charge on any atom is 0.494 e. The molecule has 3 nitrogen and oxygen atoms in total. The molecule has 0 saturated carbocycles.